The van der Waals surface area contributed by atoms with Gasteiger partial charge in [-0.2, -0.15) is 12.6 Å². The van der Waals surface area contributed by atoms with Gasteiger partial charge in [0.05, 0.1) is 0 Å². The number of thiol groups is 1. The Labute approximate surface area is 117 Å². The molecule has 1 atom stereocenters. The van der Waals surface area contributed by atoms with Gasteiger partial charge in [0.25, 0.3) is 0 Å². The van der Waals surface area contributed by atoms with E-state index in [0.29, 0.717) is 11.3 Å². The van der Waals surface area contributed by atoms with Gasteiger partial charge in [-0.3, -0.25) is 4.79 Å². The number of nitrogens with zero attached hydrogens (tertiary/aromatic N) is 1. The van der Waals surface area contributed by atoms with Gasteiger partial charge < -0.3 is 4.90 Å². The summed E-state index contributed by atoms with van der Waals surface area (Å²) in [5.74, 6) is 2.09. The zero-order chi connectivity index (χ0) is 13.0. The summed E-state index contributed by atoms with van der Waals surface area (Å²) in [5.41, 5.74) is 0.324. The van der Waals surface area contributed by atoms with E-state index < -0.39 is 0 Å². The molecule has 2 fully saturated rings. The fourth-order valence-electron chi connectivity index (χ4n) is 3.56. The number of carbonyl (C=O) groups is 1. The highest BCUT2D eigenvalue weighted by molar-refractivity contribution is 7.80. The Morgan fingerprint density at radius 1 is 1.33 bits per heavy atom. The zero-order valence-electron chi connectivity index (χ0n) is 11.7. The second-order valence-corrected chi connectivity index (χ2v) is 6.60. The van der Waals surface area contributed by atoms with Crippen LogP contribution in [0.2, 0.25) is 0 Å². The van der Waals surface area contributed by atoms with E-state index in [1.54, 1.807) is 0 Å². The van der Waals surface area contributed by atoms with Crippen molar-refractivity contribution in [3.05, 3.63) is 0 Å². The summed E-state index contributed by atoms with van der Waals surface area (Å²) in [6.45, 7) is 4.19. The van der Waals surface area contributed by atoms with Crippen LogP contribution in [0.4, 0.5) is 0 Å². The highest BCUT2D eigenvalue weighted by atomic mass is 32.1. The van der Waals surface area contributed by atoms with Crippen LogP contribution in [0.5, 0.6) is 0 Å². The molecule has 0 N–H and O–H groups in total. The molecule has 3 heteroatoms. The molecule has 1 aliphatic heterocycles. The van der Waals surface area contributed by atoms with E-state index >= 15 is 0 Å². The Bertz CT molecular complexity index is 286. The van der Waals surface area contributed by atoms with Crippen LogP contribution in [0, 0.1) is 11.3 Å². The van der Waals surface area contributed by atoms with Crippen LogP contribution < -0.4 is 0 Å². The standard InChI is InChI=1S/C15H27NOS/c1-2-13-5-6-14(17)16(10-7-13)11-15(12-18)8-3-4-9-15/h13,18H,2-12H2,1H3. The van der Waals surface area contributed by atoms with E-state index in [0.717, 1.165) is 37.6 Å². The maximum atomic E-state index is 12.2. The van der Waals surface area contributed by atoms with Crippen LogP contribution in [-0.2, 0) is 4.79 Å². The van der Waals surface area contributed by atoms with Crippen molar-refractivity contribution in [1.29, 1.82) is 0 Å². The van der Waals surface area contributed by atoms with Gasteiger partial charge in [0.2, 0.25) is 5.91 Å². The molecule has 2 nitrogen and oxygen atoms in total. The van der Waals surface area contributed by atoms with E-state index in [4.69, 9.17) is 0 Å². The van der Waals surface area contributed by atoms with E-state index in [1.807, 2.05) is 0 Å². The van der Waals surface area contributed by atoms with Gasteiger partial charge in [0, 0.05) is 19.5 Å². The third-order valence-electron chi connectivity index (χ3n) is 5.03. The predicted molar refractivity (Wildman–Crippen MR) is 79.0 cm³/mol. The molecule has 0 spiro atoms. The van der Waals surface area contributed by atoms with Crippen LogP contribution in [0.1, 0.15) is 58.3 Å². The van der Waals surface area contributed by atoms with Gasteiger partial charge in [0.1, 0.15) is 0 Å². The molecule has 0 aromatic carbocycles. The van der Waals surface area contributed by atoms with Gasteiger partial charge >= 0.3 is 0 Å². The second kappa shape index (κ2) is 6.31. The molecule has 104 valence electrons. The molecule has 0 bridgehead atoms. The van der Waals surface area contributed by atoms with Crippen LogP contribution >= 0.6 is 12.6 Å². The summed E-state index contributed by atoms with van der Waals surface area (Å²) < 4.78 is 0. The predicted octanol–water partition coefficient (Wildman–Crippen LogP) is 3.52. The van der Waals surface area contributed by atoms with Gasteiger partial charge in [-0.15, -0.1) is 0 Å². The molecule has 1 unspecified atom stereocenters. The van der Waals surface area contributed by atoms with Gasteiger partial charge in [-0.05, 0) is 42.8 Å². The van der Waals surface area contributed by atoms with Crippen molar-refractivity contribution >= 4 is 18.5 Å². The van der Waals surface area contributed by atoms with Crippen LogP contribution in [0.3, 0.4) is 0 Å². The number of likely N-dealkylation sites (tertiary alicyclic amines) is 1. The number of hydrogen-bond donors (Lipinski definition) is 1. The minimum absolute atomic E-state index is 0.324. The SMILES string of the molecule is CCC1CCC(=O)N(CC2(CS)CCCC2)CC1. The zero-order valence-corrected chi connectivity index (χ0v) is 12.6. The van der Waals surface area contributed by atoms with Gasteiger partial charge in [-0.1, -0.05) is 26.2 Å². The van der Waals surface area contributed by atoms with E-state index in [-0.39, 0.29) is 0 Å². The normalized spacial score (nSPS) is 28.4. The number of carbonyl (C=O) groups excluding carboxylic acids is 1. The number of rotatable bonds is 4. The molecule has 2 rings (SSSR count). The minimum atomic E-state index is 0.324. The molecule has 18 heavy (non-hydrogen) atoms. The van der Waals surface area contributed by atoms with Crippen molar-refractivity contribution in [3.63, 3.8) is 0 Å². The lowest BCUT2D eigenvalue weighted by atomic mass is 9.87. The van der Waals surface area contributed by atoms with Gasteiger partial charge in [-0.25, -0.2) is 0 Å². The van der Waals surface area contributed by atoms with Crippen LogP contribution in [0.15, 0.2) is 0 Å². The van der Waals surface area contributed by atoms with Crippen molar-refractivity contribution in [2.45, 2.75) is 58.3 Å². The first-order valence-electron chi connectivity index (χ1n) is 7.58. The van der Waals surface area contributed by atoms with Crippen molar-refractivity contribution in [1.82, 2.24) is 4.90 Å². The molecule has 1 saturated heterocycles. The Kier molecular flexibility index (Phi) is 4.99. The third-order valence-corrected chi connectivity index (χ3v) is 5.70. The molecule has 0 radical (unpaired) electrons. The molecular weight excluding hydrogens is 242 g/mol. The molecule has 1 saturated carbocycles. The van der Waals surface area contributed by atoms with Crippen molar-refractivity contribution in [2.24, 2.45) is 11.3 Å². The first-order valence-corrected chi connectivity index (χ1v) is 8.21. The molecule has 1 amide bonds. The topological polar surface area (TPSA) is 20.3 Å². The van der Waals surface area contributed by atoms with Crippen molar-refractivity contribution in [3.8, 4) is 0 Å². The lowest BCUT2D eigenvalue weighted by Crippen LogP contribution is -2.41. The smallest absolute Gasteiger partial charge is 0.222 e. The second-order valence-electron chi connectivity index (χ2n) is 6.28. The Morgan fingerprint density at radius 3 is 2.67 bits per heavy atom. The third kappa shape index (κ3) is 3.23. The molecule has 1 heterocycles. The summed E-state index contributed by atoms with van der Waals surface area (Å²) in [6, 6.07) is 0. The molecular formula is C15H27NOS. The first-order chi connectivity index (χ1) is 8.69. The van der Waals surface area contributed by atoms with Gasteiger partial charge in [0.15, 0.2) is 0 Å². The van der Waals surface area contributed by atoms with Crippen LogP contribution in [0.25, 0.3) is 0 Å². The van der Waals surface area contributed by atoms with E-state index in [9.17, 15) is 4.79 Å². The maximum Gasteiger partial charge on any atom is 0.222 e. The molecule has 0 aromatic heterocycles. The average Bonchev–Trinajstić information content (AvgIpc) is 2.79. The Morgan fingerprint density at radius 2 is 2.06 bits per heavy atom. The summed E-state index contributed by atoms with van der Waals surface area (Å²) in [5, 5.41) is 0. The molecule has 2 aliphatic rings. The fraction of sp³-hybridized carbons (Fsp3) is 0.933. The lowest BCUT2D eigenvalue weighted by Gasteiger charge is -2.34. The molecule has 0 aromatic rings. The minimum Gasteiger partial charge on any atom is -0.342 e. The summed E-state index contributed by atoms with van der Waals surface area (Å²) in [4.78, 5) is 14.4. The highest BCUT2D eigenvalue weighted by Gasteiger charge is 2.36. The monoisotopic (exact) mass is 269 g/mol. The summed E-state index contributed by atoms with van der Waals surface area (Å²) in [6.07, 6.45) is 9.44. The Balaban J connectivity index is 1.96. The summed E-state index contributed by atoms with van der Waals surface area (Å²) >= 11 is 4.56. The first kappa shape index (κ1) is 14.2. The van der Waals surface area contributed by atoms with Crippen molar-refractivity contribution in [2.75, 3.05) is 18.8 Å². The number of amides is 1. The van der Waals surface area contributed by atoms with E-state index in [2.05, 4.69) is 24.5 Å². The summed E-state index contributed by atoms with van der Waals surface area (Å²) in [7, 11) is 0. The Hall–Kier alpha value is -0.180. The van der Waals surface area contributed by atoms with Crippen LogP contribution in [-0.4, -0.2) is 29.6 Å². The van der Waals surface area contributed by atoms with Crippen molar-refractivity contribution < 1.29 is 4.79 Å². The number of hydrogen-bond acceptors (Lipinski definition) is 2. The lowest BCUT2D eigenvalue weighted by molar-refractivity contribution is -0.132. The van der Waals surface area contributed by atoms with E-state index in [1.165, 1.54) is 38.5 Å². The quantitative estimate of drug-likeness (QED) is 0.774. The average molecular weight is 269 g/mol. The largest absolute Gasteiger partial charge is 0.342 e. The maximum absolute atomic E-state index is 12.2. The fourth-order valence-corrected chi connectivity index (χ4v) is 3.98. The molecule has 1 aliphatic carbocycles. The highest BCUT2D eigenvalue weighted by Crippen LogP contribution is 2.40.